The largest absolute Gasteiger partial charge is 0.388 e. The van der Waals surface area contributed by atoms with Crippen LogP contribution < -0.4 is 0 Å². The van der Waals surface area contributed by atoms with E-state index in [9.17, 15) is 15.3 Å². The first-order valence-electron chi connectivity index (χ1n) is 7.05. The minimum atomic E-state index is -1.15. The monoisotopic (exact) mass is 274 g/mol. The van der Waals surface area contributed by atoms with Crippen molar-refractivity contribution in [2.75, 3.05) is 19.8 Å². The molecule has 0 aromatic carbocycles. The van der Waals surface area contributed by atoms with Crippen LogP contribution in [-0.4, -0.2) is 59.6 Å². The van der Waals surface area contributed by atoms with Crippen molar-refractivity contribution in [3.8, 4) is 0 Å². The summed E-state index contributed by atoms with van der Waals surface area (Å²) in [5.41, 5.74) is 0. The maximum atomic E-state index is 9.68. The molecule has 0 radical (unpaired) electrons. The average molecular weight is 274 g/mol. The Labute approximate surface area is 114 Å². The fourth-order valence-electron chi connectivity index (χ4n) is 1.96. The van der Waals surface area contributed by atoms with Crippen LogP contribution in [0.5, 0.6) is 0 Å². The standard InChI is InChI=1S/C14H26O5/c1-2-3-4-5-6-7-8-18-10-12-14(17)13(16)11(15)9-19-12/h3-4,11-17H,2,5-10H2,1H3/b4-3+/t11-,12+,13+,14+/m1/s1. The SMILES string of the molecule is CC/C=C/CCCCOC[C@@H]1OC[C@@H](O)[C@H](O)[C@H]1O. The van der Waals surface area contributed by atoms with Gasteiger partial charge in [-0.05, 0) is 25.7 Å². The van der Waals surface area contributed by atoms with E-state index in [2.05, 4.69) is 19.1 Å². The average Bonchev–Trinajstić information content (AvgIpc) is 2.41. The third-order valence-corrected chi connectivity index (χ3v) is 3.20. The summed E-state index contributed by atoms with van der Waals surface area (Å²) < 4.78 is 10.7. The summed E-state index contributed by atoms with van der Waals surface area (Å²) in [6.07, 6.45) is 4.68. The molecule has 1 rings (SSSR count). The summed E-state index contributed by atoms with van der Waals surface area (Å²) in [7, 11) is 0. The van der Waals surface area contributed by atoms with E-state index in [0.29, 0.717) is 6.61 Å². The van der Waals surface area contributed by atoms with Crippen LogP contribution in [0.4, 0.5) is 0 Å². The zero-order valence-electron chi connectivity index (χ0n) is 11.6. The van der Waals surface area contributed by atoms with Crippen molar-refractivity contribution >= 4 is 0 Å². The van der Waals surface area contributed by atoms with Crippen molar-refractivity contribution in [3.63, 3.8) is 0 Å². The molecule has 19 heavy (non-hydrogen) atoms. The van der Waals surface area contributed by atoms with Crippen LogP contribution in [0.3, 0.4) is 0 Å². The molecule has 0 aromatic heterocycles. The molecule has 1 heterocycles. The Morgan fingerprint density at radius 2 is 1.95 bits per heavy atom. The summed E-state index contributed by atoms with van der Waals surface area (Å²) >= 11 is 0. The van der Waals surface area contributed by atoms with Gasteiger partial charge >= 0.3 is 0 Å². The normalized spacial score (nSPS) is 32.0. The van der Waals surface area contributed by atoms with Crippen LogP contribution in [0.25, 0.3) is 0 Å². The second-order valence-electron chi connectivity index (χ2n) is 4.87. The molecule has 0 aromatic rings. The lowest BCUT2D eigenvalue weighted by Crippen LogP contribution is -2.54. The van der Waals surface area contributed by atoms with Gasteiger partial charge in [0.25, 0.3) is 0 Å². The second-order valence-corrected chi connectivity index (χ2v) is 4.87. The summed E-state index contributed by atoms with van der Waals surface area (Å²) in [6, 6.07) is 0. The van der Waals surface area contributed by atoms with Gasteiger partial charge in [0.1, 0.15) is 24.4 Å². The van der Waals surface area contributed by atoms with Gasteiger partial charge in [0.15, 0.2) is 0 Å². The Bertz CT molecular complexity index is 256. The molecule has 0 saturated carbocycles. The first-order chi connectivity index (χ1) is 9.16. The van der Waals surface area contributed by atoms with Crippen LogP contribution in [-0.2, 0) is 9.47 Å². The molecule has 112 valence electrons. The summed E-state index contributed by atoms with van der Waals surface area (Å²) in [6.45, 7) is 3.01. The summed E-state index contributed by atoms with van der Waals surface area (Å²) in [4.78, 5) is 0. The number of unbranched alkanes of at least 4 members (excludes halogenated alkanes) is 2. The summed E-state index contributed by atoms with van der Waals surface area (Å²) in [5, 5.41) is 28.5. The third-order valence-electron chi connectivity index (χ3n) is 3.20. The number of rotatable bonds is 8. The minimum absolute atomic E-state index is 0.0358. The molecule has 5 heteroatoms. The number of aliphatic hydroxyl groups excluding tert-OH is 3. The van der Waals surface area contributed by atoms with Crippen molar-refractivity contribution in [2.45, 2.75) is 57.0 Å². The lowest BCUT2D eigenvalue weighted by molar-refractivity contribution is -0.199. The first-order valence-corrected chi connectivity index (χ1v) is 7.05. The number of ether oxygens (including phenoxy) is 2. The zero-order valence-corrected chi connectivity index (χ0v) is 11.6. The number of hydrogen-bond donors (Lipinski definition) is 3. The van der Waals surface area contributed by atoms with E-state index in [0.717, 1.165) is 25.7 Å². The number of allylic oxidation sites excluding steroid dienone is 2. The molecule has 1 fully saturated rings. The van der Waals surface area contributed by atoms with Gasteiger partial charge in [0.05, 0.1) is 13.2 Å². The molecular weight excluding hydrogens is 248 g/mol. The van der Waals surface area contributed by atoms with Crippen LogP contribution in [0.1, 0.15) is 32.6 Å². The van der Waals surface area contributed by atoms with E-state index < -0.39 is 24.4 Å². The molecule has 0 spiro atoms. The number of hydrogen-bond acceptors (Lipinski definition) is 5. The molecule has 0 aliphatic carbocycles. The highest BCUT2D eigenvalue weighted by Crippen LogP contribution is 2.15. The molecule has 1 aliphatic rings. The molecule has 0 unspecified atom stereocenters. The minimum Gasteiger partial charge on any atom is -0.388 e. The Balaban J connectivity index is 2.04. The predicted molar refractivity (Wildman–Crippen MR) is 71.9 cm³/mol. The highest BCUT2D eigenvalue weighted by molar-refractivity contribution is 4.86. The Kier molecular flexibility index (Phi) is 8.25. The van der Waals surface area contributed by atoms with Crippen molar-refractivity contribution in [3.05, 3.63) is 12.2 Å². The summed E-state index contributed by atoms with van der Waals surface area (Å²) in [5.74, 6) is 0. The molecule has 1 aliphatic heterocycles. The fraction of sp³-hybridized carbons (Fsp3) is 0.857. The molecule has 0 bridgehead atoms. The quantitative estimate of drug-likeness (QED) is 0.447. The van der Waals surface area contributed by atoms with Gasteiger partial charge in [0.2, 0.25) is 0 Å². The van der Waals surface area contributed by atoms with E-state index in [1.165, 1.54) is 0 Å². The van der Waals surface area contributed by atoms with Gasteiger partial charge in [-0.25, -0.2) is 0 Å². The molecule has 5 nitrogen and oxygen atoms in total. The Morgan fingerprint density at radius 1 is 1.16 bits per heavy atom. The molecule has 1 saturated heterocycles. The lowest BCUT2D eigenvalue weighted by atomic mass is 10.0. The predicted octanol–water partition coefficient (Wildman–Crippen LogP) is 0.621. The molecule has 3 N–H and O–H groups in total. The van der Waals surface area contributed by atoms with Crippen LogP contribution in [0, 0.1) is 0 Å². The van der Waals surface area contributed by atoms with Gasteiger partial charge in [-0.1, -0.05) is 19.1 Å². The smallest absolute Gasteiger partial charge is 0.111 e. The van der Waals surface area contributed by atoms with Gasteiger partial charge in [-0.3, -0.25) is 0 Å². The Morgan fingerprint density at radius 3 is 2.68 bits per heavy atom. The van der Waals surface area contributed by atoms with E-state index in [1.54, 1.807) is 0 Å². The lowest BCUT2D eigenvalue weighted by Gasteiger charge is -2.35. The topological polar surface area (TPSA) is 79.2 Å². The number of aliphatic hydroxyl groups is 3. The van der Waals surface area contributed by atoms with E-state index >= 15 is 0 Å². The van der Waals surface area contributed by atoms with E-state index in [-0.39, 0.29) is 13.2 Å². The van der Waals surface area contributed by atoms with Crippen molar-refractivity contribution in [1.29, 1.82) is 0 Å². The first kappa shape index (κ1) is 16.6. The highest BCUT2D eigenvalue weighted by Gasteiger charge is 2.37. The molecule has 0 amide bonds. The van der Waals surface area contributed by atoms with Gasteiger partial charge < -0.3 is 24.8 Å². The van der Waals surface area contributed by atoms with Crippen LogP contribution >= 0.6 is 0 Å². The van der Waals surface area contributed by atoms with Crippen LogP contribution in [0.2, 0.25) is 0 Å². The van der Waals surface area contributed by atoms with E-state index in [4.69, 9.17) is 9.47 Å². The Hall–Kier alpha value is -0.460. The van der Waals surface area contributed by atoms with E-state index in [1.807, 2.05) is 0 Å². The maximum absolute atomic E-state index is 9.68. The van der Waals surface area contributed by atoms with Crippen LogP contribution in [0.15, 0.2) is 12.2 Å². The van der Waals surface area contributed by atoms with Gasteiger partial charge in [0, 0.05) is 6.61 Å². The van der Waals surface area contributed by atoms with Crippen molar-refractivity contribution in [1.82, 2.24) is 0 Å². The van der Waals surface area contributed by atoms with Crippen molar-refractivity contribution < 1.29 is 24.8 Å². The zero-order chi connectivity index (χ0) is 14.1. The second kappa shape index (κ2) is 9.44. The fourth-order valence-corrected chi connectivity index (χ4v) is 1.96. The van der Waals surface area contributed by atoms with Crippen molar-refractivity contribution in [2.24, 2.45) is 0 Å². The molecule has 4 atom stereocenters. The highest BCUT2D eigenvalue weighted by atomic mass is 16.6. The maximum Gasteiger partial charge on any atom is 0.111 e. The van der Waals surface area contributed by atoms with Gasteiger partial charge in [-0.2, -0.15) is 0 Å². The third kappa shape index (κ3) is 6.01. The van der Waals surface area contributed by atoms with Gasteiger partial charge in [-0.15, -0.1) is 0 Å². The molecular formula is C14H26O5.